The molecule has 1 aromatic rings. The van der Waals surface area contributed by atoms with Crippen LogP contribution in [0.5, 0.6) is 0 Å². The molecule has 0 spiro atoms. The van der Waals surface area contributed by atoms with Gasteiger partial charge in [-0.2, -0.15) is 0 Å². The second kappa shape index (κ2) is 13.5. The summed E-state index contributed by atoms with van der Waals surface area (Å²) in [5, 5.41) is 10.5. The number of carbonyl (C=O) groups excluding carboxylic acids is 2. The van der Waals surface area contributed by atoms with E-state index in [-0.39, 0.29) is 23.8 Å². The molecule has 1 N–H and O–H groups in total. The van der Waals surface area contributed by atoms with Crippen molar-refractivity contribution in [1.82, 2.24) is 4.90 Å². The molecule has 31 heavy (non-hydrogen) atoms. The molecule has 1 fully saturated rings. The topological polar surface area (TPSA) is 66.8 Å². The SMILES string of the molecule is COC(=O)CCC/C=C/CN1C(=O)CC[C@@H]1/C=C/[C@@H](O)[C@@H](C)CC#Cc1ccccc1. The van der Waals surface area contributed by atoms with Gasteiger partial charge in [-0.1, -0.05) is 61.3 Å². The third-order valence-electron chi connectivity index (χ3n) is 5.37. The molecule has 1 aliphatic heterocycles. The summed E-state index contributed by atoms with van der Waals surface area (Å²) in [6.07, 6.45) is 10.9. The van der Waals surface area contributed by atoms with Crippen LogP contribution >= 0.6 is 0 Å². The van der Waals surface area contributed by atoms with Crippen LogP contribution in [0.2, 0.25) is 0 Å². The van der Waals surface area contributed by atoms with E-state index in [4.69, 9.17) is 0 Å². The number of unbranched alkanes of at least 4 members (excludes halogenated alkanes) is 1. The van der Waals surface area contributed by atoms with E-state index in [2.05, 4.69) is 16.6 Å². The normalized spacial score (nSPS) is 18.2. The summed E-state index contributed by atoms with van der Waals surface area (Å²) in [5.41, 5.74) is 0.971. The number of hydrogen-bond acceptors (Lipinski definition) is 4. The molecule has 0 radical (unpaired) electrons. The molecule has 0 saturated carbocycles. The number of likely N-dealkylation sites (tertiary alicyclic amines) is 1. The van der Waals surface area contributed by atoms with Crippen LogP contribution < -0.4 is 0 Å². The minimum Gasteiger partial charge on any atom is -0.469 e. The highest BCUT2D eigenvalue weighted by Crippen LogP contribution is 2.21. The Labute approximate surface area is 185 Å². The molecule has 166 valence electrons. The van der Waals surface area contributed by atoms with E-state index in [1.165, 1.54) is 7.11 Å². The first-order valence-electron chi connectivity index (χ1n) is 10.9. The van der Waals surface area contributed by atoms with Gasteiger partial charge in [0.05, 0.1) is 19.3 Å². The zero-order valence-electron chi connectivity index (χ0n) is 18.5. The van der Waals surface area contributed by atoms with Crippen molar-refractivity contribution < 1.29 is 19.4 Å². The van der Waals surface area contributed by atoms with Gasteiger partial charge in [0.2, 0.25) is 5.91 Å². The van der Waals surface area contributed by atoms with Crippen molar-refractivity contribution in [3.05, 3.63) is 60.2 Å². The van der Waals surface area contributed by atoms with Crippen LogP contribution in [-0.4, -0.2) is 47.7 Å². The molecule has 5 nitrogen and oxygen atoms in total. The van der Waals surface area contributed by atoms with E-state index in [1.807, 2.05) is 60.4 Å². The number of amides is 1. The first-order valence-corrected chi connectivity index (χ1v) is 10.9. The first-order chi connectivity index (χ1) is 15.0. The summed E-state index contributed by atoms with van der Waals surface area (Å²) >= 11 is 0. The molecule has 0 aliphatic carbocycles. The number of methoxy groups -OCH3 is 1. The lowest BCUT2D eigenvalue weighted by atomic mass is 9.99. The van der Waals surface area contributed by atoms with Gasteiger partial charge in [0, 0.05) is 31.4 Å². The Balaban J connectivity index is 1.79. The van der Waals surface area contributed by atoms with Gasteiger partial charge in [0.1, 0.15) is 0 Å². The summed E-state index contributed by atoms with van der Waals surface area (Å²) in [6, 6.07) is 9.81. The molecule has 0 bridgehead atoms. The minimum atomic E-state index is -0.600. The van der Waals surface area contributed by atoms with Crippen molar-refractivity contribution in [3.8, 4) is 11.8 Å². The number of ether oxygens (including phenoxy) is 1. The predicted molar refractivity (Wildman–Crippen MR) is 122 cm³/mol. The van der Waals surface area contributed by atoms with Gasteiger partial charge in [-0.05, 0) is 37.3 Å². The van der Waals surface area contributed by atoms with Gasteiger partial charge in [-0.15, -0.1) is 0 Å². The largest absolute Gasteiger partial charge is 0.469 e. The zero-order chi connectivity index (χ0) is 22.5. The summed E-state index contributed by atoms with van der Waals surface area (Å²) in [6.45, 7) is 2.52. The van der Waals surface area contributed by atoms with Crippen LogP contribution in [0.1, 0.15) is 51.0 Å². The summed E-state index contributed by atoms with van der Waals surface area (Å²) < 4.78 is 4.62. The van der Waals surface area contributed by atoms with Gasteiger partial charge in [-0.25, -0.2) is 0 Å². The van der Waals surface area contributed by atoms with Crippen LogP contribution in [0.3, 0.4) is 0 Å². The molecular weight excluding hydrogens is 390 g/mol. The molecule has 1 aliphatic rings. The number of aliphatic hydroxyl groups excluding tert-OH is 1. The van der Waals surface area contributed by atoms with Crippen LogP contribution in [0, 0.1) is 17.8 Å². The van der Waals surface area contributed by atoms with E-state index in [0.29, 0.717) is 25.8 Å². The van der Waals surface area contributed by atoms with E-state index < -0.39 is 6.10 Å². The highest BCUT2D eigenvalue weighted by Gasteiger charge is 2.28. The second-order valence-corrected chi connectivity index (χ2v) is 7.82. The van der Waals surface area contributed by atoms with Crippen LogP contribution in [0.4, 0.5) is 0 Å². The lowest BCUT2D eigenvalue weighted by Gasteiger charge is -2.21. The van der Waals surface area contributed by atoms with Crippen molar-refractivity contribution in [2.24, 2.45) is 5.92 Å². The molecule has 0 unspecified atom stereocenters. The molecule has 2 rings (SSSR count). The average Bonchev–Trinajstić information content (AvgIpc) is 3.14. The molecule has 1 heterocycles. The molecule has 0 aromatic heterocycles. The Morgan fingerprint density at radius 1 is 1.32 bits per heavy atom. The van der Waals surface area contributed by atoms with Crippen molar-refractivity contribution in [1.29, 1.82) is 0 Å². The predicted octanol–water partition coefficient (Wildman–Crippen LogP) is 3.87. The number of carbonyl (C=O) groups is 2. The number of rotatable bonds is 10. The van der Waals surface area contributed by atoms with Gasteiger partial charge in [0.15, 0.2) is 0 Å². The lowest BCUT2D eigenvalue weighted by Crippen LogP contribution is -2.32. The number of hydrogen-bond donors (Lipinski definition) is 1. The van der Waals surface area contributed by atoms with Crippen LogP contribution in [0.25, 0.3) is 0 Å². The van der Waals surface area contributed by atoms with Crippen molar-refractivity contribution in [3.63, 3.8) is 0 Å². The Morgan fingerprint density at radius 2 is 2.10 bits per heavy atom. The summed E-state index contributed by atoms with van der Waals surface area (Å²) in [4.78, 5) is 25.1. The van der Waals surface area contributed by atoms with Crippen molar-refractivity contribution in [2.75, 3.05) is 13.7 Å². The quantitative estimate of drug-likeness (QED) is 0.268. The fraction of sp³-hybridized carbons (Fsp3) is 0.462. The third-order valence-corrected chi connectivity index (χ3v) is 5.37. The Kier molecular flexibility index (Phi) is 10.6. The Hall–Kier alpha value is -2.84. The maximum atomic E-state index is 12.2. The smallest absolute Gasteiger partial charge is 0.305 e. The van der Waals surface area contributed by atoms with Crippen molar-refractivity contribution >= 4 is 11.9 Å². The number of benzene rings is 1. The van der Waals surface area contributed by atoms with E-state index in [9.17, 15) is 14.7 Å². The Bertz CT molecular complexity index is 819. The fourth-order valence-electron chi connectivity index (χ4n) is 3.35. The average molecular weight is 424 g/mol. The zero-order valence-corrected chi connectivity index (χ0v) is 18.5. The van der Waals surface area contributed by atoms with Gasteiger partial charge >= 0.3 is 5.97 Å². The number of aliphatic hydroxyl groups is 1. The fourth-order valence-corrected chi connectivity index (χ4v) is 3.35. The van der Waals surface area contributed by atoms with Crippen LogP contribution in [-0.2, 0) is 14.3 Å². The Morgan fingerprint density at radius 3 is 2.84 bits per heavy atom. The summed E-state index contributed by atoms with van der Waals surface area (Å²) in [5.74, 6) is 6.19. The first kappa shape index (κ1) is 24.4. The van der Waals surface area contributed by atoms with Crippen LogP contribution in [0.15, 0.2) is 54.6 Å². The second-order valence-electron chi connectivity index (χ2n) is 7.82. The molecule has 1 aromatic carbocycles. The van der Waals surface area contributed by atoms with Crippen molar-refractivity contribution in [2.45, 2.75) is 57.6 Å². The van der Waals surface area contributed by atoms with E-state index >= 15 is 0 Å². The van der Waals surface area contributed by atoms with Gasteiger partial charge in [0.25, 0.3) is 0 Å². The number of esters is 1. The molecular formula is C26H33NO4. The molecule has 1 saturated heterocycles. The van der Waals surface area contributed by atoms with E-state index in [0.717, 1.165) is 24.8 Å². The number of allylic oxidation sites excluding steroid dienone is 1. The number of nitrogens with zero attached hydrogens (tertiary/aromatic N) is 1. The lowest BCUT2D eigenvalue weighted by molar-refractivity contribution is -0.140. The third kappa shape index (κ3) is 8.82. The maximum Gasteiger partial charge on any atom is 0.305 e. The molecule has 3 atom stereocenters. The van der Waals surface area contributed by atoms with Gasteiger partial charge in [-0.3, -0.25) is 9.59 Å². The molecule has 5 heteroatoms. The maximum absolute atomic E-state index is 12.2. The highest BCUT2D eigenvalue weighted by molar-refractivity contribution is 5.79. The monoisotopic (exact) mass is 423 g/mol. The summed E-state index contributed by atoms with van der Waals surface area (Å²) in [7, 11) is 1.39. The highest BCUT2D eigenvalue weighted by atomic mass is 16.5. The van der Waals surface area contributed by atoms with E-state index in [1.54, 1.807) is 6.08 Å². The van der Waals surface area contributed by atoms with Gasteiger partial charge < -0.3 is 14.7 Å². The molecule has 1 amide bonds. The standard InChI is InChI=1S/C26H33NO4/c1-21(11-10-14-22-12-6-5-7-13-22)24(28)18-16-23-17-19-25(29)27(23)20-9-4-3-8-15-26(30)31-2/h4-7,9,12-13,16,18,21,23-24,28H,3,8,11,15,17,19-20H2,1-2H3/b9-4+,18-16+/t21-,23-,24+/m0/s1. The minimum absolute atomic E-state index is 0.00414.